The molecule has 0 fully saturated rings. The Morgan fingerprint density at radius 1 is 0.897 bits per heavy atom. The first-order valence-corrected chi connectivity index (χ1v) is 9.88. The lowest BCUT2D eigenvalue weighted by Gasteiger charge is -2.16. The van der Waals surface area contributed by atoms with Crippen molar-refractivity contribution in [1.82, 2.24) is 4.98 Å². The van der Waals surface area contributed by atoms with Crippen LogP contribution in [0.3, 0.4) is 0 Å². The molecule has 1 unspecified atom stereocenters. The molecule has 3 N–H and O–H groups in total. The Morgan fingerprint density at radius 3 is 2.31 bits per heavy atom. The molecule has 0 saturated heterocycles. The summed E-state index contributed by atoms with van der Waals surface area (Å²) in [6.07, 6.45) is 0.348. The summed E-state index contributed by atoms with van der Waals surface area (Å²) in [5, 5.41) is 7.60. The van der Waals surface area contributed by atoms with E-state index in [1.54, 1.807) is 0 Å². The Morgan fingerprint density at radius 2 is 1.55 bits per heavy atom. The second-order valence-corrected chi connectivity index (χ2v) is 7.35. The van der Waals surface area contributed by atoms with Crippen LogP contribution < -0.4 is 10.6 Å². The average molecular weight is 383 g/mol. The summed E-state index contributed by atoms with van der Waals surface area (Å²) in [5.74, 6) is -0.0174. The minimum Gasteiger partial charge on any atom is -0.379 e. The number of nitrogens with one attached hydrogen (secondary N) is 3. The second-order valence-electron chi connectivity index (χ2n) is 7.35. The minimum absolute atomic E-state index is 0.0174. The number of H-pyrrole nitrogens is 1. The monoisotopic (exact) mass is 383 g/mol. The van der Waals surface area contributed by atoms with E-state index < -0.39 is 0 Å². The molecule has 0 bridgehead atoms. The van der Waals surface area contributed by atoms with Gasteiger partial charge >= 0.3 is 0 Å². The van der Waals surface area contributed by atoms with Crippen LogP contribution in [0.5, 0.6) is 0 Å². The van der Waals surface area contributed by atoms with Crippen molar-refractivity contribution in [3.05, 3.63) is 95.7 Å². The lowest BCUT2D eigenvalue weighted by molar-refractivity contribution is -0.115. The Bertz CT molecular complexity index is 1110. The molecule has 29 heavy (non-hydrogen) atoms. The van der Waals surface area contributed by atoms with Gasteiger partial charge in [-0.2, -0.15) is 0 Å². The van der Waals surface area contributed by atoms with Crippen LogP contribution in [0.1, 0.15) is 29.8 Å². The lowest BCUT2D eigenvalue weighted by atomic mass is 10.1. The molecular formula is C25H25N3O. The third kappa shape index (κ3) is 4.32. The fourth-order valence-corrected chi connectivity index (χ4v) is 3.65. The zero-order valence-electron chi connectivity index (χ0n) is 16.7. The minimum atomic E-state index is -0.0174. The van der Waals surface area contributed by atoms with Gasteiger partial charge in [-0.25, -0.2) is 0 Å². The predicted octanol–water partition coefficient (Wildman–Crippen LogP) is 5.83. The summed E-state index contributed by atoms with van der Waals surface area (Å²) in [5.41, 5.74) is 6.20. The molecule has 1 amide bonds. The van der Waals surface area contributed by atoms with Crippen LogP contribution >= 0.6 is 0 Å². The number of para-hydroxylation sites is 1. The molecule has 4 aromatic rings. The predicted molar refractivity (Wildman–Crippen MR) is 120 cm³/mol. The summed E-state index contributed by atoms with van der Waals surface area (Å²) in [6.45, 7) is 4.14. The largest absolute Gasteiger partial charge is 0.379 e. The quantitative estimate of drug-likeness (QED) is 0.392. The average Bonchev–Trinajstić information content (AvgIpc) is 3.05. The van der Waals surface area contributed by atoms with Gasteiger partial charge in [-0.3, -0.25) is 4.79 Å². The summed E-state index contributed by atoms with van der Waals surface area (Å²) in [4.78, 5) is 15.9. The Kier molecular flexibility index (Phi) is 5.34. The van der Waals surface area contributed by atoms with Gasteiger partial charge in [0.05, 0.1) is 6.42 Å². The van der Waals surface area contributed by atoms with Crippen molar-refractivity contribution in [2.24, 2.45) is 0 Å². The number of hydrogen-bond acceptors (Lipinski definition) is 2. The second kappa shape index (κ2) is 8.23. The Hall–Kier alpha value is -3.53. The fraction of sp³-hybridized carbons (Fsp3) is 0.160. The van der Waals surface area contributed by atoms with Crippen molar-refractivity contribution in [1.29, 1.82) is 0 Å². The number of aromatic amines is 1. The number of hydrogen-bond donors (Lipinski definition) is 3. The van der Waals surface area contributed by atoms with Crippen LogP contribution in [0.4, 0.5) is 11.4 Å². The van der Waals surface area contributed by atoms with Crippen molar-refractivity contribution in [2.75, 3.05) is 10.6 Å². The summed E-state index contributed by atoms with van der Waals surface area (Å²) in [6, 6.07) is 26.5. The van der Waals surface area contributed by atoms with Gasteiger partial charge in [-0.05, 0) is 55.3 Å². The molecule has 1 atom stereocenters. The van der Waals surface area contributed by atoms with Crippen LogP contribution in [-0.2, 0) is 11.2 Å². The highest BCUT2D eigenvalue weighted by Crippen LogP contribution is 2.24. The molecule has 0 saturated carbocycles. The zero-order chi connectivity index (χ0) is 20.2. The number of fused-ring (bicyclic) bond motifs is 1. The maximum absolute atomic E-state index is 12.6. The van der Waals surface area contributed by atoms with Crippen LogP contribution in [0.15, 0.2) is 78.9 Å². The molecule has 3 aromatic carbocycles. The van der Waals surface area contributed by atoms with Crippen molar-refractivity contribution < 1.29 is 4.79 Å². The van der Waals surface area contributed by atoms with Crippen LogP contribution in [0.25, 0.3) is 10.9 Å². The molecule has 4 heteroatoms. The van der Waals surface area contributed by atoms with Gasteiger partial charge in [0.2, 0.25) is 5.91 Å². The summed E-state index contributed by atoms with van der Waals surface area (Å²) in [7, 11) is 0. The van der Waals surface area contributed by atoms with Crippen LogP contribution in [0.2, 0.25) is 0 Å². The van der Waals surface area contributed by atoms with Crippen LogP contribution in [0, 0.1) is 6.92 Å². The summed E-state index contributed by atoms with van der Waals surface area (Å²) >= 11 is 0. The maximum Gasteiger partial charge on any atom is 0.228 e. The van der Waals surface area contributed by atoms with Crippen molar-refractivity contribution in [2.45, 2.75) is 26.3 Å². The van der Waals surface area contributed by atoms with E-state index >= 15 is 0 Å². The topological polar surface area (TPSA) is 56.9 Å². The third-order valence-corrected chi connectivity index (χ3v) is 5.22. The number of carbonyl (C=O) groups is 1. The van der Waals surface area contributed by atoms with Crippen LogP contribution in [-0.4, -0.2) is 10.9 Å². The molecule has 1 aromatic heterocycles. The first-order valence-electron chi connectivity index (χ1n) is 9.88. The molecule has 0 spiro atoms. The van der Waals surface area contributed by atoms with Gasteiger partial charge in [-0.1, -0.05) is 48.5 Å². The highest BCUT2D eigenvalue weighted by atomic mass is 16.1. The number of rotatable bonds is 6. The Balaban J connectivity index is 1.39. The molecule has 0 aliphatic carbocycles. The van der Waals surface area contributed by atoms with E-state index in [1.165, 1.54) is 5.56 Å². The van der Waals surface area contributed by atoms with Crippen molar-refractivity contribution in [3.8, 4) is 0 Å². The first-order chi connectivity index (χ1) is 14.1. The molecule has 4 nitrogen and oxygen atoms in total. The summed E-state index contributed by atoms with van der Waals surface area (Å²) < 4.78 is 0. The number of benzene rings is 3. The highest BCUT2D eigenvalue weighted by Gasteiger charge is 2.12. The number of anilines is 2. The van der Waals surface area contributed by atoms with E-state index in [2.05, 4.69) is 40.7 Å². The molecular weight excluding hydrogens is 358 g/mol. The number of aromatic nitrogens is 1. The van der Waals surface area contributed by atoms with E-state index in [4.69, 9.17) is 0 Å². The standard InChI is InChI=1S/C25H25N3O/c1-17(19-8-4-3-5-9-19)26-20-12-14-21(15-13-20)28-25(29)16-23-18(2)27-24-11-7-6-10-22(23)24/h3-15,17,26-27H,16H2,1-2H3,(H,28,29). The molecule has 146 valence electrons. The van der Waals surface area contributed by atoms with Crippen molar-refractivity contribution >= 4 is 28.2 Å². The number of amides is 1. The van der Waals surface area contributed by atoms with E-state index in [0.717, 1.165) is 33.5 Å². The van der Waals surface area contributed by atoms with Crippen molar-refractivity contribution in [3.63, 3.8) is 0 Å². The maximum atomic E-state index is 12.6. The van der Waals surface area contributed by atoms with Gasteiger partial charge in [0.15, 0.2) is 0 Å². The molecule has 1 heterocycles. The van der Waals surface area contributed by atoms with E-state index in [9.17, 15) is 4.79 Å². The van der Waals surface area contributed by atoms with Gasteiger partial charge in [0.25, 0.3) is 0 Å². The van der Waals surface area contributed by atoms with Gasteiger partial charge in [0.1, 0.15) is 0 Å². The SMILES string of the molecule is Cc1[nH]c2ccccc2c1CC(=O)Nc1ccc(NC(C)c2ccccc2)cc1. The van der Waals surface area contributed by atoms with Gasteiger partial charge in [-0.15, -0.1) is 0 Å². The smallest absolute Gasteiger partial charge is 0.228 e. The highest BCUT2D eigenvalue weighted by molar-refractivity contribution is 5.96. The number of aryl methyl sites for hydroxylation is 1. The van der Waals surface area contributed by atoms with Gasteiger partial charge < -0.3 is 15.6 Å². The Labute approximate surface area is 171 Å². The normalized spacial score (nSPS) is 11.9. The van der Waals surface area contributed by atoms with E-state index in [-0.39, 0.29) is 11.9 Å². The molecule has 0 radical (unpaired) electrons. The lowest BCUT2D eigenvalue weighted by Crippen LogP contribution is -2.14. The first kappa shape index (κ1) is 18.8. The number of carbonyl (C=O) groups excluding carboxylic acids is 1. The molecule has 0 aliphatic rings. The van der Waals surface area contributed by atoms with E-state index in [1.807, 2.05) is 67.6 Å². The van der Waals surface area contributed by atoms with E-state index in [0.29, 0.717) is 6.42 Å². The fourth-order valence-electron chi connectivity index (χ4n) is 3.65. The molecule has 0 aliphatic heterocycles. The third-order valence-electron chi connectivity index (χ3n) is 5.22. The zero-order valence-corrected chi connectivity index (χ0v) is 16.7. The van der Waals surface area contributed by atoms with Gasteiger partial charge in [0, 0.05) is 34.0 Å². The molecule has 4 rings (SSSR count).